The lowest BCUT2D eigenvalue weighted by molar-refractivity contribution is -0.120. The van der Waals surface area contributed by atoms with E-state index >= 15 is 0 Å². The first-order chi connectivity index (χ1) is 11.6. The van der Waals surface area contributed by atoms with Crippen molar-refractivity contribution in [2.75, 3.05) is 13.7 Å². The first kappa shape index (κ1) is 17.5. The SMILES string of the molecule is COc1cccc(/C=N/NC(=O)CNC(=O)c2ccc(Cl)cc2)c1. The summed E-state index contributed by atoms with van der Waals surface area (Å²) in [5.41, 5.74) is 3.54. The van der Waals surface area contributed by atoms with Crippen molar-refractivity contribution in [1.29, 1.82) is 0 Å². The van der Waals surface area contributed by atoms with Crippen LogP contribution < -0.4 is 15.5 Å². The summed E-state index contributed by atoms with van der Waals surface area (Å²) >= 11 is 5.75. The van der Waals surface area contributed by atoms with Gasteiger partial charge in [-0.3, -0.25) is 9.59 Å². The molecule has 2 amide bonds. The fourth-order valence-electron chi connectivity index (χ4n) is 1.80. The molecule has 124 valence electrons. The lowest BCUT2D eigenvalue weighted by Gasteiger charge is -2.04. The van der Waals surface area contributed by atoms with E-state index in [0.717, 1.165) is 5.56 Å². The van der Waals surface area contributed by atoms with Crippen LogP contribution in [0.4, 0.5) is 0 Å². The van der Waals surface area contributed by atoms with Crippen LogP contribution in [-0.4, -0.2) is 31.7 Å². The van der Waals surface area contributed by atoms with Gasteiger partial charge in [-0.2, -0.15) is 5.10 Å². The normalized spacial score (nSPS) is 10.4. The molecule has 2 rings (SSSR count). The summed E-state index contributed by atoms with van der Waals surface area (Å²) < 4.78 is 5.09. The first-order valence-corrected chi connectivity index (χ1v) is 7.46. The van der Waals surface area contributed by atoms with Crippen molar-refractivity contribution >= 4 is 29.6 Å². The fraction of sp³-hybridized carbons (Fsp3) is 0.118. The molecule has 24 heavy (non-hydrogen) atoms. The van der Waals surface area contributed by atoms with Gasteiger partial charge in [-0.25, -0.2) is 5.43 Å². The standard InChI is InChI=1S/C17H16ClN3O3/c1-24-15-4-2-3-12(9-15)10-20-21-16(22)11-19-17(23)13-5-7-14(18)8-6-13/h2-10H,11H2,1H3,(H,19,23)(H,21,22)/b20-10+. The maximum atomic E-state index is 11.8. The number of benzene rings is 2. The van der Waals surface area contributed by atoms with Gasteiger partial charge in [0.25, 0.3) is 11.8 Å². The number of rotatable bonds is 6. The predicted molar refractivity (Wildman–Crippen MR) is 92.5 cm³/mol. The van der Waals surface area contributed by atoms with Crippen LogP contribution in [0, 0.1) is 0 Å². The third kappa shape index (κ3) is 5.40. The molecule has 0 unspecified atom stereocenters. The molecule has 2 aromatic rings. The Balaban J connectivity index is 1.79. The second-order valence-electron chi connectivity index (χ2n) is 4.76. The van der Waals surface area contributed by atoms with Crippen LogP contribution in [0.25, 0.3) is 0 Å². The summed E-state index contributed by atoms with van der Waals surface area (Å²) in [6.45, 7) is -0.184. The molecule has 0 spiro atoms. The number of nitrogens with zero attached hydrogens (tertiary/aromatic N) is 1. The molecule has 0 fully saturated rings. The minimum atomic E-state index is -0.434. The summed E-state index contributed by atoms with van der Waals surface area (Å²) in [6, 6.07) is 13.6. The predicted octanol–water partition coefficient (Wildman–Crippen LogP) is 2.23. The summed E-state index contributed by atoms with van der Waals surface area (Å²) in [5.74, 6) is -0.101. The highest BCUT2D eigenvalue weighted by Crippen LogP contribution is 2.10. The highest BCUT2D eigenvalue weighted by Gasteiger charge is 2.07. The second-order valence-corrected chi connectivity index (χ2v) is 5.20. The number of carbonyl (C=O) groups excluding carboxylic acids is 2. The van der Waals surface area contributed by atoms with Crippen molar-refractivity contribution in [1.82, 2.24) is 10.7 Å². The average Bonchev–Trinajstić information content (AvgIpc) is 2.60. The third-order valence-corrected chi connectivity index (χ3v) is 3.26. The Bertz CT molecular complexity index is 745. The van der Waals surface area contributed by atoms with Crippen molar-refractivity contribution in [2.45, 2.75) is 0 Å². The molecule has 0 saturated heterocycles. The van der Waals surface area contributed by atoms with E-state index in [-0.39, 0.29) is 12.5 Å². The zero-order valence-electron chi connectivity index (χ0n) is 13.0. The molecule has 0 aliphatic carbocycles. The number of halogens is 1. The Morgan fingerprint density at radius 3 is 2.67 bits per heavy atom. The number of amides is 2. The van der Waals surface area contributed by atoms with Gasteiger partial charge in [0.15, 0.2) is 0 Å². The number of hydrazone groups is 1. The highest BCUT2D eigenvalue weighted by molar-refractivity contribution is 6.30. The van der Waals surface area contributed by atoms with Gasteiger partial charge in [0.2, 0.25) is 0 Å². The highest BCUT2D eigenvalue weighted by atomic mass is 35.5. The van der Waals surface area contributed by atoms with Crippen molar-refractivity contribution in [3.8, 4) is 5.75 Å². The Labute approximate surface area is 144 Å². The molecular formula is C17H16ClN3O3. The van der Waals surface area contributed by atoms with E-state index in [9.17, 15) is 9.59 Å². The van der Waals surface area contributed by atoms with Crippen molar-refractivity contribution in [3.05, 3.63) is 64.7 Å². The molecule has 7 heteroatoms. The molecule has 2 aromatic carbocycles. The average molecular weight is 346 g/mol. The summed E-state index contributed by atoms with van der Waals surface area (Å²) in [6.07, 6.45) is 1.49. The maximum Gasteiger partial charge on any atom is 0.259 e. The van der Waals surface area contributed by atoms with Gasteiger partial charge < -0.3 is 10.1 Å². The largest absolute Gasteiger partial charge is 0.497 e. The topological polar surface area (TPSA) is 79.8 Å². The number of ether oxygens (including phenoxy) is 1. The van der Waals surface area contributed by atoms with Gasteiger partial charge in [-0.05, 0) is 42.0 Å². The van der Waals surface area contributed by atoms with Crippen molar-refractivity contribution < 1.29 is 14.3 Å². The lowest BCUT2D eigenvalue weighted by atomic mass is 10.2. The summed E-state index contributed by atoms with van der Waals surface area (Å²) in [7, 11) is 1.57. The van der Waals surface area contributed by atoms with E-state index in [1.165, 1.54) is 6.21 Å². The van der Waals surface area contributed by atoms with E-state index in [2.05, 4.69) is 15.8 Å². The number of nitrogens with one attached hydrogen (secondary N) is 2. The maximum absolute atomic E-state index is 11.8. The monoisotopic (exact) mass is 345 g/mol. The van der Waals surface area contributed by atoms with E-state index in [4.69, 9.17) is 16.3 Å². The molecule has 6 nitrogen and oxygen atoms in total. The van der Waals surface area contributed by atoms with E-state index in [1.807, 2.05) is 18.2 Å². The van der Waals surface area contributed by atoms with Crippen LogP contribution >= 0.6 is 11.6 Å². The van der Waals surface area contributed by atoms with Crippen LogP contribution in [0.5, 0.6) is 5.75 Å². The zero-order valence-corrected chi connectivity index (χ0v) is 13.7. The van der Waals surface area contributed by atoms with Gasteiger partial charge >= 0.3 is 0 Å². The molecule has 0 saturated carbocycles. The lowest BCUT2D eigenvalue weighted by Crippen LogP contribution is -2.34. The number of methoxy groups -OCH3 is 1. The van der Waals surface area contributed by atoms with E-state index in [0.29, 0.717) is 16.3 Å². The molecule has 0 bridgehead atoms. The van der Waals surface area contributed by atoms with Gasteiger partial charge in [-0.15, -0.1) is 0 Å². The smallest absolute Gasteiger partial charge is 0.259 e. The molecule has 2 N–H and O–H groups in total. The van der Waals surface area contributed by atoms with Crippen LogP contribution in [-0.2, 0) is 4.79 Å². The summed E-state index contributed by atoms with van der Waals surface area (Å²) in [4.78, 5) is 23.5. The van der Waals surface area contributed by atoms with Crippen molar-refractivity contribution in [2.24, 2.45) is 5.10 Å². The Hall–Kier alpha value is -2.86. The Morgan fingerprint density at radius 1 is 1.21 bits per heavy atom. The molecule has 0 atom stereocenters. The van der Waals surface area contributed by atoms with Crippen molar-refractivity contribution in [3.63, 3.8) is 0 Å². The molecule has 0 aliphatic rings. The fourth-order valence-corrected chi connectivity index (χ4v) is 1.93. The van der Waals surface area contributed by atoms with Gasteiger partial charge in [0.1, 0.15) is 5.75 Å². The number of hydrogen-bond acceptors (Lipinski definition) is 4. The van der Waals surface area contributed by atoms with E-state index < -0.39 is 5.91 Å². The van der Waals surface area contributed by atoms with Crippen LogP contribution in [0.3, 0.4) is 0 Å². The molecular weight excluding hydrogens is 330 g/mol. The molecule has 0 heterocycles. The molecule has 0 aromatic heterocycles. The van der Waals surface area contributed by atoms with Gasteiger partial charge in [-0.1, -0.05) is 23.7 Å². The van der Waals surface area contributed by atoms with E-state index in [1.54, 1.807) is 37.4 Å². The number of carbonyl (C=O) groups is 2. The molecule has 0 aliphatic heterocycles. The second kappa shape index (κ2) is 8.69. The Morgan fingerprint density at radius 2 is 1.96 bits per heavy atom. The number of hydrogen-bond donors (Lipinski definition) is 2. The Kier molecular flexibility index (Phi) is 6.33. The quantitative estimate of drug-likeness (QED) is 0.622. The first-order valence-electron chi connectivity index (χ1n) is 7.08. The minimum absolute atomic E-state index is 0.184. The zero-order chi connectivity index (χ0) is 17.4. The molecule has 0 radical (unpaired) electrons. The minimum Gasteiger partial charge on any atom is -0.497 e. The van der Waals surface area contributed by atoms with Gasteiger partial charge in [0, 0.05) is 10.6 Å². The van der Waals surface area contributed by atoms with Crippen LogP contribution in [0.1, 0.15) is 15.9 Å². The van der Waals surface area contributed by atoms with Gasteiger partial charge in [0.05, 0.1) is 19.9 Å². The van der Waals surface area contributed by atoms with Crippen LogP contribution in [0.2, 0.25) is 5.02 Å². The van der Waals surface area contributed by atoms with Crippen LogP contribution in [0.15, 0.2) is 53.6 Å². The third-order valence-electron chi connectivity index (χ3n) is 3.01. The summed E-state index contributed by atoms with van der Waals surface area (Å²) in [5, 5.41) is 6.87.